The van der Waals surface area contributed by atoms with Crippen LogP contribution in [0, 0.1) is 0 Å². The number of morpholine rings is 1. The van der Waals surface area contributed by atoms with Gasteiger partial charge < -0.3 is 20.1 Å². The van der Waals surface area contributed by atoms with Crippen LogP contribution in [0.5, 0.6) is 0 Å². The maximum Gasteiger partial charge on any atom is 0.0642 e. The summed E-state index contributed by atoms with van der Waals surface area (Å²) in [7, 11) is 0. The Morgan fingerprint density at radius 1 is 1.00 bits per heavy atom. The molecule has 2 aromatic carbocycles. The van der Waals surface area contributed by atoms with E-state index in [1.54, 1.807) is 0 Å². The summed E-state index contributed by atoms with van der Waals surface area (Å²) < 4.78 is 5.40. The molecular weight excluding hydrogens is 300 g/mol. The average molecular weight is 326 g/mol. The predicted octanol–water partition coefficient (Wildman–Crippen LogP) is 2.74. The molecule has 128 valence electrons. The van der Waals surface area contributed by atoms with Gasteiger partial charge in [0.05, 0.1) is 13.2 Å². The molecule has 0 amide bonds. The molecule has 3 rings (SSSR count). The lowest BCUT2D eigenvalue weighted by molar-refractivity contribution is 0.122. The lowest BCUT2D eigenvalue weighted by atomic mass is 10.0. The van der Waals surface area contributed by atoms with Crippen molar-refractivity contribution in [3.63, 3.8) is 0 Å². The lowest BCUT2D eigenvalue weighted by Crippen LogP contribution is -2.36. The summed E-state index contributed by atoms with van der Waals surface area (Å²) in [5.41, 5.74) is 3.74. The minimum atomic E-state index is 0.176. The first-order chi connectivity index (χ1) is 11.9. The number of nitrogens with zero attached hydrogens (tertiary/aromatic N) is 1. The first-order valence-electron chi connectivity index (χ1n) is 8.67. The van der Waals surface area contributed by atoms with E-state index in [1.807, 2.05) is 18.2 Å². The second kappa shape index (κ2) is 8.83. The van der Waals surface area contributed by atoms with E-state index >= 15 is 0 Å². The van der Waals surface area contributed by atoms with E-state index in [-0.39, 0.29) is 12.6 Å². The molecule has 0 saturated carbocycles. The second-order valence-electron chi connectivity index (χ2n) is 6.12. The fourth-order valence-corrected chi connectivity index (χ4v) is 3.09. The Hall–Kier alpha value is -1.88. The lowest BCUT2D eigenvalue weighted by Gasteiger charge is -2.29. The Labute approximate surface area is 144 Å². The number of benzene rings is 2. The molecular formula is C20H26N2O2. The van der Waals surface area contributed by atoms with E-state index in [2.05, 4.69) is 46.6 Å². The highest BCUT2D eigenvalue weighted by Crippen LogP contribution is 2.19. The molecule has 1 atom stereocenters. The summed E-state index contributed by atoms with van der Waals surface area (Å²) in [5, 5.41) is 12.9. The molecule has 4 heteroatoms. The van der Waals surface area contributed by atoms with Gasteiger partial charge in [0.25, 0.3) is 0 Å². The largest absolute Gasteiger partial charge is 0.396 e. The zero-order valence-electron chi connectivity index (χ0n) is 14.0. The van der Waals surface area contributed by atoms with Crippen LogP contribution in [-0.4, -0.2) is 38.0 Å². The summed E-state index contributed by atoms with van der Waals surface area (Å²) in [6.07, 6.45) is 0.718. The summed E-state index contributed by atoms with van der Waals surface area (Å²) in [6, 6.07) is 19.2. The molecule has 1 aliphatic rings. The number of hydrogen-bond donors (Lipinski definition) is 2. The van der Waals surface area contributed by atoms with E-state index < -0.39 is 0 Å². The van der Waals surface area contributed by atoms with Gasteiger partial charge in [-0.3, -0.25) is 0 Å². The van der Waals surface area contributed by atoms with Crippen LogP contribution < -0.4 is 10.2 Å². The zero-order valence-corrected chi connectivity index (χ0v) is 14.0. The Bertz CT molecular complexity index is 595. The summed E-state index contributed by atoms with van der Waals surface area (Å²) in [5.74, 6) is 0. The van der Waals surface area contributed by atoms with Crippen molar-refractivity contribution in [2.75, 3.05) is 37.8 Å². The third-order valence-corrected chi connectivity index (χ3v) is 4.48. The van der Waals surface area contributed by atoms with Gasteiger partial charge in [-0.15, -0.1) is 0 Å². The summed E-state index contributed by atoms with van der Waals surface area (Å²) >= 11 is 0. The first-order valence-corrected chi connectivity index (χ1v) is 8.67. The van der Waals surface area contributed by atoms with E-state index in [0.29, 0.717) is 0 Å². The second-order valence-corrected chi connectivity index (χ2v) is 6.12. The quantitative estimate of drug-likeness (QED) is 0.821. The highest BCUT2D eigenvalue weighted by atomic mass is 16.5. The molecule has 0 unspecified atom stereocenters. The van der Waals surface area contributed by atoms with Gasteiger partial charge in [-0.2, -0.15) is 0 Å². The van der Waals surface area contributed by atoms with Crippen LogP contribution in [0.25, 0.3) is 0 Å². The number of ether oxygens (including phenoxy) is 1. The van der Waals surface area contributed by atoms with E-state index in [1.165, 1.54) is 16.8 Å². The van der Waals surface area contributed by atoms with Crippen LogP contribution in [0.3, 0.4) is 0 Å². The van der Waals surface area contributed by atoms with Gasteiger partial charge in [-0.05, 0) is 29.7 Å². The van der Waals surface area contributed by atoms with Crippen molar-refractivity contribution in [1.82, 2.24) is 5.32 Å². The van der Waals surface area contributed by atoms with Gasteiger partial charge in [-0.25, -0.2) is 0 Å². The Balaban J connectivity index is 1.58. The third kappa shape index (κ3) is 4.57. The highest BCUT2D eigenvalue weighted by Gasteiger charge is 2.12. The van der Waals surface area contributed by atoms with Gasteiger partial charge in [0, 0.05) is 38.0 Å². The Morgan fingerprint density at radius 2 is 1.71 bits per heavy atom. The molecule has 1 saturated heterocycles. The predicted molar refractivity (Wildman–Crippen MR) is 97.2 cm³/mol. The molecule has 1 aliphatic heterocycles. The highest BCUT2D eigenvalue weighted by molar-refractivity contribution is 5.47. The molecule has 0 aromatic heterocycles. The minimum Gasteiger partial charge on any atom is -0.396 e. The number of aliphatic hydroxyl groups is 1. The van der Waals surface area contributed by atoms with Crippen molar-refractivity contribution < 1.29 is 9.84 Å². The van der Waals surface area contributed by atoms with Crippen LogP contribution in [0.15, 0.2) is 54.6 Å². The molecule has 0 aliphatic carbocycles. The smallest absolute Gasteiger partial charge is 0.0642 e. The number of hydrogen-bond acceptors (Lipinski definition) is 4. The van der Waals surface area contributed by atoms with Crippen molar-refractivity contribution >= 4 is 5.69 Å². The zero-order chi connectivity index (χ0) is 16.6. The molecule has 0 bridgehead atoms. The van der Waals surface area contributed by atoms with Crippen molar-refractivity contribution in [3.8, 4) is 0 Å². The fourth-order valence-electron chi connectivity index (χ4n) is 3.09. The molecule has 0 radical (unpaired) electrons. The van der Waals surface area contributed by atoms with Crippen LogP contribution in [-0.2, 0) is 11.3 Å². The van der Waals surface area contributed by atoms with Crippen molar-refractivity contribution in [3.05, 3.63) is 65.7 Å². The van der Waals surface area contributed by atoms with Gasteiger partial charge in [0.15, 0.2) is 0 Å². The van der Waals surface area contributed by atoms with Gasteiger partial charge in [0.1, 0.15) is 0 Å². The SMILES string of the molecule is OCC[C@@H](NCc1ccc(N2CCOCC2)cc1)c1ccccc1. The number of aliphatic hydroxyl groups excluding tert-OH is 1. The number of rotatable bonds is 7. The van der Waals surface area contributed by atoms with Crippen LogP contribution in [0.1, 0.15) is 23.6 Å². The topological polar surface area (TPSA) is 44.7 Å². The normalized spacial score (nSPS) is 16.1. The van der Waals surface area contributed by atoms with Crippen molar-refractivity contribution in [2.45, 2.75) is 19.0 Å². The van der Waals surface area contributed by atoms with Crippen molar-refractivity contribution in [2.24, 2.45) is 0 Å². The molecule has 2 N–H and O–H groups in total. The average Bonchev–Trinajstić information content (AvgIpc) is 2.67. The minimum absolute atomic E-state index is 0.176. The van der Waals surface area contributed by atoms with Crippen LogP contribution in [0.4, 0.5) is 5.69 Å². The van der Waals surface area contributed by atoms with Gasteiger partial charge >= 0.3 is 0 Å². The van der Waals surface area contributed by atoms with Crippen LogP contribution >= 0.6 is 0 Å². The van der Waals surface area contributed by atoms with Crippen LogP contribution in [0.2, 0.25) is 0 Å². The molecule has 24 heavy (non-hydrogen) atoms. The monoisotopic (exact) mass is 326 g/mol. The molecule has 2 aromatic rings. The number of anilines is 1. The molecule has 1 heterocycles. The fraction of sp³-hybridized carbons (Fsp3) is 0.400. The van der Waals surface area contributed by atoms with E-state index in [9.17, 15) is 5.11 Å². The van der Waals surface area contributed by atoms with E-state index in [4.69, 9.17) is 4.74 Å². The van der Waals surface area contributed by atoms with E-state index in [0.717, 1.165) is 39.3 Å². The maximum atomic E-state index is 9.32. The van der Waals surface area contributed by atoms with Gasteiger partial charge in [0.2, 0.25) is 0 Å². The summed E-state index contributed by atoms with van der Waals surface area (Å²) in [6.45, 7) is 4.52. The Morgan fingerprint density at radius 3 is 2.38 bits per heavy atom. The molecule has 1 fully saturated rings. The van der Waals surface area contributed by atoms with Gasteiger partial charge in [-0.1, -0.05) is 42.5 Å². The number of nitrogens with one attached hydrogen (secondary N) is 1. The molecule has 0 spiro atoms. The maximum absolute atomic E-state index is 9.32. The Kier molecular flexibility index (Phi) is 6.24. The third-order valence-electron chi connectivity index (χ3n) is 4.48. The first kappa shape index (κ1) is 17.0. The molecule has 4 nitrogen and oxygen atoms in total. The standard InChI is InChI=1S/C20H26N2O2/c23-13-10-20(18-4-2-1-3-5-18)21-16-17-6-8-19(9-7-17)22-11-14-24-15-12-22/h1-9,20-21,23H,10-16H2/t20-/m1/s1. The summed E-state index contributed by atoms with van der Waals surface area (Å²) in [4.78, 5) is 2.36. The van der Waals surface area contributed by atoms with Crippen molar-refractivity contribution in [1.29, 1.82) is 0 Å².